The largest absolute Gasteiger partial charge is 0.367 e. The van der Waals surface area contributed by atoms with Gasteiger partial charge in [-0.1, -0.05) is 6.07 Å². The average Bonchev–Trinajstić information content (AvgIpc) is 3.14. The Morgan fingerprint density at radius 1 is 1.39 bits per heavy atom. The van der Waals surface area contributed by atoms with Gasteiger partial charge in [-0.15, -0.1) is 0 Å². The second-order valence-corrected chi connectivity index (χ2v) is 5.94. The van der Waals surface area contributed by atoms with Crippen LogP contribution in [0.5, 0.6) is 0 Å². The number of aromatic nitrogens is 2. The van der Waals surface area contributed by atoms with Gasteiger partial charge >= 0.3 is 0 Å². The standard InChI is InChI=1S/C13H13BrClN3/c1-7(8-5-6-8)16-12-9-3-2-4-10(14)11(9)17-13(15)18-12/h2-4,7-8H,5-6H2,1H3,(H,16,17,18)/t7-/m1/s1. The molecule has 0 saturated heterocycles. The van der Waals surface area contributed by atoms with E-state index in [-0.39, 0.29) is 5.28 Å². The van der Waals surface area contributed by atoms with Crippen LogP contribution in [0.2, 0.25) is 5.28 Å². The van der Waals surface area contributed by atoms with E-state index in [2.05, 4.69) is 38.1 Å². The number of anilines is 1. The summed E-state index contributed by atoms with van der Waals surface area (Å²) in [6.07, 6.45) is 2.60. The van der Waals surface area contributed by atoms with Crippen molar-refractivity contribution >= 4 is 44.3 Å². The maximum atomic E-state index is 5.99. The lowest BCUT2D eigenvalue weighted by molar-refractivity contribution is 0.691. The summed E-state index contributed by atoms with van der Waals surface area (Å²) < 4.78 is 0.937. The van der Waals surface area contributed by atoms with Crippen LogP contribution in [0, 0.1) is 5.92 Å². The Labute approximate surface area is 119 Å². The summed E-state index contributed by atoms with van der Waals surface area (Å²) in [4.78, 5) is 8.59. The lowest BCUT2D eigenvalue weighted by atomic mass is 10.2. The molecule has 0 amide bonds. The molecule has 0 aliphatic heterocycles. The van der Waals surface area contributed by atoms with E-state index in [0.29, 0.717) is 6.04 Å². The van der Waals surface area contributed by atoms with Gasteiger partial charge in [-0.25, -0.2) is 9.97 Å². The van der Waals surface area contributed by atoms with Crippen LogP contribution in [-0.4, -0.2) is 16.0 Å². The molecule has 1 N–H and O–H groups in total. The minimum absolute atomic E-state index is 0.278. The van der Waals surface area contributed by atoms with Crippen LogP contribution >= 0.6 is 27.5 Å². The third kappa shape index (κ3) is 2.31. The Bertz CT molecular complexity index is 598. The van der Waals surface area contributed by atoms with E-state index in [9.17, 15) is 0 Å². The molecule has 0 unspecified atom stereocenters. The summed E-state index contributed by atoms with van der Waals surface area (Å²) in [6, 6.07) is 6.38. The zero-order chi connectivity index (χ0) is 12.7. The molecule has 1 fully saturated rings. The number of fused-ring (bicyclic) bond motifs is 1. The Hall–Kier alpha value is -0.870. The van der Waals surface area contributed by atoms with Crippen LogP contribution in [0.4, 0.5) is 5.82 Å². The van der Waals surface area contributed by atoms with Gasteiger partial charge in [0, 0.05) is 15.9 Å². The Morgan fingerprint density at radius 2 is 2.17 bits per heavy atom. The fourth-order valence-electron chi connectivity index (χ4n) is 2.13. The van der Waals surface area contributed by atoms with Crippen molar-refractivity contribution in [2.24, 2.45) is 5.92 Å². The van der Waals surface area contributed by atoms with E-state index in [1.807, 2.05) is 18.2 Å². The maximum Gasteiger partial charge on any atom is 0.224 e. The topological polar surface area (TPSA) is 37.8 Å². The quantitative estimate of drug-likeness (QED) is 0.857. The lowest BCUT2D eigenvalue weighted by Gasteiger charge is -2.15. The molecule has 0 spiro atoms. The van der Waals surface area contributed by atoms with E-state index >= 15 is 0 Å². The second-order valence-electron chi connectivity index (χ2n) is 4.75. The molecule has 1 aromatic heterocycles. The van der Waals surface area contributed by atoms with Gasteiger partial charge in [0.25, 0.3) is 0 Å². The van der Waals surface area contributed by atoms with Crippen molar-refractivity contribution in [2.75, 3.05) is 5.32 Å². The van der Waals surface area contributed by atoms with Crippen molar-refractivity contribution in [1.82, 2.24) is 9.97 Å². The number of rotatable bonds is 3. The highest BCUT2D eigenvalue weighted by Gasteiger charge is 2.28. The summed E-state index contributed by atoms with van der Waals surface area (Å²) in [5.41, 5.74) is 0.850. The van der Waals surface area contributed by atoms with Gasteiger partial charge in [0.05, 0.1) is 5.52 Å². The summed E-state index contributed by atoms with van der Waals surface area (Å²) in [5.74, 6) is 1.59. The van der Waals surface area contributed by atoms with Crippen LogP contribution in [-0.2, 0) is 0 Å². The summed E-state index contributed by atoms with van der Waals surface area (Å²) in [5, 5.41) is 4.74. The van der Waals surface area contributed by atoms with Gasteiger partial charge in [-0.2, -0.15) is 0 Å². The molecule has 0 bridgehead atoms. The summed E-state index contributed by atoms with van der Waals surface area (Å²) >= 11 is 9.49. The molecule has 3 nitrogen and oxygen atoms in total. The fourth-order valence-corrected chi connectivity index (χ4v) is 2.75. The molecule has 1 saturated carbocycles. The number of nitrogens with zero attached hydrogens (tertiary/aromatic N) is 2. The number of halogens is 2. The third-order valence-electron chi connectivity index (χ3n) is 3.34. The van der Waals surface area contributed by atoms with E-state index in [0.717, 1.165) is 27.1 Å². The van der Waals surface area contributed by atoms with Gasteiger partial charge in [0.2, 0.25) is 5.28 Å². The zero-order valence-corrected chi connectivity index (χ0v) is 12.3. The Morgan fingerprint density at radius 3 is 2.89 bits per heavy atom. The van der Waals surface area contributed by atoms with Crippen molar-refractivity contribution in [2.45, 2.75) is 25.8 Å². The van der Waals surface area contributed by atoms with Crippen LogP contribution in [0.25, 0.3) is 10.9 Å². The van der Waals surface area contributed by atoms with E-state index in [1.54, 1.807) is 0 Å². The normalized spacial score (nSPS) is 16.8. The van der Waals surface area contributed by atoms with Gasteiger partial charge in [0.15, 0.2) is 0 Å². The molecule has 1 heterocycles. The molecule has 1 aliphatic rings. The molecule has 94 valence electrons. The maximum absolute atomic E-state index is 5.99. The Kier molecular flexibility index (Phi) is 3.16. The molecule has 1 aromatic carbocycles. The highest BCUT2D eigenvalue weighted by molar-refractivity contribution is 9.10. The molecule has 5 heteroatoms. The first-order valence-electron chi connectivity index (χ1n) is 6.03. The van der Waals surface area contributed by atoms with Crippen molar-refractivity contribution in [1.29, 1.82) is 0 Å². The van der Waals surface area contributed by atoms with Gasteiger partial charge in [-0.05, 0) is 65.3 Å². The first-order chi connectivity index (χ1) is 8.65. The number of para-hydroxylation sites is 1. The van der Waals surface area contributed by atoms with Crippen molar-refractivity contribution in [3.05, 3.63) is 28.0 Å². The molecule has 1 atom stereocenters. The average molecular weight is 327 g/mol. The minimum atomic E-state index is 0.278. The number of benzene rings is 1. The van der Waals surface area contributed by atoms with Crippen LogP contribution in [0.3, 0.4) is 0 Å². The molecule has 2 aromatic rings. The molecule has 18 heavy (non-hydrogen) atoms. The van der Waals surface area contributed by atoms with Gasteiger partial charge in [0.1, 0.15) is 5.82 Å². The van der Waals surface area contributed by atoms with Crippen LogP contribution < -0.4 is 5.32 Å². The van der Waals surface area contributed by atoms with Crippen molar-refractivity contribution in [3.8, 4) is 0 Å². The highest BCUT2D eigenvalue weighted by Crippen LogP contribution is 2.35. The number of hydrogen-bond acceptors (Lipinski definition) is 3. The molecular weight excluding hydrogens is 314 g/mol. The summed E-state index contributed by atoms with van der Waals surface area (Å²) in [6.45, 7) is 2.19. The predicted molar refractivity (Wildman–Crippen MR) is 78.1 cm³/mol. The molecular formula is C13H13BrClN3. The first-order valence-corrected chi connectivity index (χ1v) is 7.20. The monoisotopic (exact) mass is 325 g/mol. The smallest absolute Gasteiger partial charge is 0.224 e. The SMILES string of the molecule is C[C@@H](Nc1nc(Cl)nc2c(Br)cccc12)C1CC1. The second kappa shape index (κ2) is 4.67. The van der Waals surface area contributed by atoms with Crippen molar-refractivity contribution in [3.63, 3.8) is 0 Å². The number of hydrogen-bond donors (Lipinski definition) is 1. The zero-order valence-electron chi connectivity index (χ0n) is 9.95. The van der Waals surface area contributed by atoms with Gasteiger partial charge in [-0.3, -0.25) is 0 Å². The molecule has 0 radical (unpaired) electrons. The van der Waals surface area contributed by atoms with Gasteiger partial charge < -0.3 is 5.32 Å². The van der Waals surface area contributed by atoms with Crippen LogP contribution in [0.1, 0.15) is 19.8 Å². The minimum Gasteiger partial charge on any atom is -0.367 e. The Balaban J connectivity index is 2.06. The first kappa shape index (κ1) is 12.2. The van der Waals surface area contributed by atoms with E-state index < -0.39 is 0 Å². The number of nitrogens with one attached hydrogen (secondary N) is 1. The predicted octanol–water partition coefficient (Wildman–Crippen LogP) is 4.26. The van der Waals surface area contributed by atoms with Crippen molar-refractivity contribution < 1.29 is 0 Å². The highest BCUT2D eigenvalue weighted by atomic mass is 79.9. The summed E-state index contributed by atoms with van der Waals surface area (Å²) in [7, 11) is 0. The molecule has 1 aliphatic carbocycles. The lowest BCUT2D eigenvalue weighted by Crippen LogP contribution is -2.18. The fraction of sp³-hybridized carbons (Fsp3) is 0.385. The molecule has 3 rings (SSSR count). The van der Waals surface area contributed by atoms with Crippen LogP contribution in [0.15, 0.2) is 22.7 Å². The van der Waals surface area contributed by atoms with E-state index in [1.165, 1.54) is 12.8 Å². The third-order valence-corrected chi connectivity index (χ3v) is 4.15. The van der Waals surface area contributed by atoms with E-state index in [4.69, 9.17) is 11.6 Å².